The highest BCUT2D eigenvalue weighted by atomic mass is 35.5. The molecule has 1 aliphatic rings. The van der Waals surface area contributed by atoms with Crippen LogP contribution >= 0.6 is 11.6 Å². The van der Waals surface area contributed by atoms with E-state index in [0.29, 0.717) is 30.0 Å². The van der Waals surface area contributed by atoms with Gasteiger partial charge in [0.25, 0.3) is 5.89 Å². The summed E-state index contributed by atoms with van der Waals surface area (Å²) in [5.74, 6) is -2.26. The molecule has 0 saturated carbocycles. The summed E-state index contributed by atoms with van der Waals surface area (Å²) in [4.78, 5) is 5.66. The van der Waals surface area contributed by atoms with E-state index in [1.165, 1.54) is 18.3 Å². The van der Waals surface area contributed by atoms with Gasteiger partial charge in [0.15, 0.2) is 0 Å². The van der Waals surface area contributed by atoms with E-state index in [4.69, 9.17) is 16.0 Å². The molecule has 0 aliphatic carbocycles. The third-order valence-corrected chi connectivity index (χ3v) is 6.19. The number of rotatable bonds is 6. The van der Waals surface area contributed by atoms with E-state index in [-0.39, 0.29) is 36.5 Å². The fourth-order valence-electron chi connectivity index (χ4n) is 4.21. The van der Waals surface area contributed by atoms with Gasteiger partial charge in [0, 0.05) is 25.7 Å². The quantitative estimate of drug-likeness (QED) is 0.353. The number of pyridine rings is 1. The average Bonchev–Trinajstić information content (AvgIpc) is 3.27. The summed E-state index contributed by atoms with van der Waals surface area (Å²) in [7, 11) is 0. The SMILES string of the molecule is FC(F)(F)c1cccc(C2CCCN(CC(Cc3nnc(-c4ccc(Cl)cn4)o3)C(F)(F)F)C2)c1. The van der Waals surface area contributed by atoms with E-state index in [9.17, 15) is 26.3 Å². The predicted octanol–water partition coefficient (Wildman–Crippen LogP) is 6.40. The summed E-state index contributed by atoms with van der Waals surface area (Å²) in [6.07, 6.45) is -6.98. The number of likely N-dealkylation sites (tertiary alicyclic amines) is 1. The second-order valence-corrected chi connectivity index (χ2v) is 8.96. The molecule has 35 heavy (non-hydrogen) atoms. The zero-order valence-corrected chi connectivity index (χ0v) is 19.0. The maximum absolute atomic E-state index is 13.9. The second-order valence-electron chi connectivity index (χ2n) is 8.53. The molecule has 2 aromatic heterocycles. The van der Waals surface area contributed by atoms with Crippen molar-refractivity contribution in [2.24, 2.45) is 5.92 Å². The molecule has 3 aromatic rings. The maximum atomic E-state index is 13.9. The Morgan fingerprint density at radius 1 is 1.09 bits per heavy atom. The fraction of sp³-hybridized carbons (Fsp3) is 0.435. The lowest BCUT2D eigenvalue weighted by atomic mass is 9.89. The molecule has 1 aliphatic heterocycles. The third kappa shape index (κ3) is 6.52. The molecule has 1 fully saturated rings. The van der Waals surface area contributed by atoms with Gasteiger partial charge in [-0.3, -0.25) is 0 Å². The molecule has 4 rings (SSSR count). The normalized spacial score (nSPS) is 18.5. The number of benzene rings is 1. The molecule has 0 spiro atoms. The molecule has 2 atom stereocenters. The summed E-state index contributed by atoms with van der Waals surface area (Å²) in [5.41, 5.74) is 0.00410. The Kier molecular flexibility index (Phi) is 7.37. The molecule has 0 bridgehead atoms. The lowest BCUT2D eigenvalue weighted by Gasteiger charge is -2.35. The summed E-state index contributed by atoms with van der Waals surface area (Å²) >= 11 is 5.78. The lowest BCUT2D eigenvalue weighted by molar-refractivity contribution is -0.180. The highest BCUT2D eigenvalue weighted by molar-refractivity contribution is 6.30. The third-order valence-electron chi connectivity index (χ3n) is 5.97. The highest BCUT2D eigenvalue weighted by Gasteiger charge is 2.42. The smallest absolute Gasteiger partial charge is 0.416 e. The average molecular weight is 519 g/mol. The first-order valence-corrected chi connectivity index (χ1v) is 11.3. The Morgan fingerprint density at radius 3 is 2.57 bits per heavy atom. The van der Waals surface area contributed by atoms with E-state index in [1.54, 1.807) is 17.0 Å². The van der Waals surface area contributed by atoms with Gasteiger partial charge in [-0.15, -0.1) is 10.2 Å². The van der Waals surface area contributed by atoms with Crippen molar-refractivity contribution in [2.45, 2.75) is 37.5 Å². The van der Waals surface area contributed by atoms with Crippen LogP contribution in [-0.2, 0) is 12.6 Å². The van der Waals surface area contributed by atoms with Crippen molar-refractivity contribution in [2.75, 3.05) is 19.6 Å². The van der Waals surface area contributed by atoms with E-state index >= 15 is 0 Å². The molecule has 1 saturated heterocycles. The van der Waals surface area contributed by atoms with Gasteiger partial charge in [-0.1, -0.05) is 29.8 Å². The zero-order chi connectivity index (χ0) is 25.2. The number of piperidine rings is 1. The summed E-state index contributed by atoms with van der Waals surface area (Å²) in [5, 5.41) is 7.91. The van der Waals surface area contributed by atoms with E-state index < -0.39 is 30.3 Å². The van der Waals surface area contributed by atoms with Crippen LogP contribution in [0.2, 0.25) is 5.02 Å². The minimum atomic E-state index is -4.53. The van der Waals surface area contributed by atoms with Crippen LogP contribution in [0.25, 0.3) is 11.6 Å². The second kappa shape index (κ2) is 10.1. The van der Waals surface area contributed by atoms with E-state index in [1.807, 2.05) is 0 Å². The van der Waals surface area contributed by atoms with Crippen LogP contribution in [-0.4, -0.2) is 45.9 Å². The number of hydrogen-bond donors (Lipinski definition) is 0. The Morgan fingerprint density at radius 2 is 1.89 bits per heavy atom. The Hall–Kier alpha value is -2.66. The molecule has 188 valence electrons. The molecule has 5 nitrogen and oxygen atoms in total. The van der Waals surface area contributed by atoms with Crippen LogP contribution < -0.4 is 0 Å². The van der Waals surface area contributed by atoms with Crippen molar-refractivity contribution in [1.82, 2.24) is 20.1 Å². The molecule has 1 aromatic carbocycles. The molecule has 0 radical (unpaired) electrons. The molecular formula is C23H21ClF6N4O. The number of aromatic nitrogens is 3. The Balaban J connectivity index is 1.45. The first-order chi connectivity index (χ1) is 16.5. The van der Waals surface area contributed by atoms with Gasteiger partial charge < -0.3 is 9.32 Å². The van der Waals surface area contributed by atoms with Gasteiger partial charge in [0.1, 0.15) is 5.69 Å². The first kappa shape index (κ1) is 25.4. The minimum Gasteiger partial charge on any atom is -0.419 e. The van der Waals surface area contributed by atoms with Crippen molar-refractivity contribution in [1.29, 1.82) is 0 Å². The number of alkyl halides is 6. The van der Waals surface area contributed by atoms with Gasteiger partial charge in [-0.2, -0.15) is 26.3 Å². The maximum Gasteiger partial charge on any atom is 0.416 e. The van der Waals surface area contributed by atoms with E-state index in [0.717, 1.165) is 12.1 Å². The van der Waals surface area contributed by atoms with Crippen molar-refractivity contribution in [3.63, 3.8) is 0 Å². The summed E-state index contributed by atoms with van der Waals surface area (Å²) in [6, 6.07) is 8.06. The topological polar surface area (TPSA) is 55.1 Å². The largest absolute Gasteiger partial charge is 0.419 e. The monoisotopic (exact) mass is 518 g/mol. The Bertz CT molecular complexity index is 1130. The van der Waals surface area contributed by atoms with Gasteiger partial charge in [-0.05, 0) is 49.1 Å². The molecule has 3 heterocycles. The lowest BCUT2D eigenvalue weighted by Crippen LogP contribution is -2.42. The number of halogens is 7. The molecule has 2 unspecified atom stereocenters. The van der Waals surface area contributed by atoms with Crippen molar-refractivity contribution < 1.29 is 30.8 Å². The minimum absolute atomic E-state index is 0.0137. The summed E-state index contributed by atoms with van der Waals surface area (Å²) in [6.45, 7) is 0.333. The molecular weight excluding hydrogens is 498 g/mol. The Labute approximate surface area is 202 Å². The first-order valence-electron chi connectivity index (χ1n) is 10.9. The summed E-state index contributed by atoms with van der Waals surface area (Å²) < 4.78 is 86.3. The predicted molar refractivity (Wildman–Crippen MR) is 116 cm³/mol. The van der Waals surface area contributed by atoms with Crippen LogP contribution in [0, 0.1) is 5.92 Å². The highest BCUT2D eigenvalue weighted by Crippen LogP contribution is 2.35. The fourth-order valence-corrected chi connectivity index (χ4v) is 4.32. The van der Waals surface area contributed by atoms with Crippen LogP contribution in [0.3, 0.4) is 0 Å². The standard InChI is InChI=1S/C23H21ClF6N4O/c24-18-6-7-19(31-11-18)21-33-32-20(35-21)10-17(23(28,29)30)13-34-8-2-4-15(12-34)14-3-1-5-16(9-14)22(25,26)27/h1,3,5-7,9,11,15,17H,2,4,8,10,12-13H2. The number of hydrogen-bond acceptors (Lipinski definition) is 5. The molecule has 0 amide bonds. The van der Waals surface area contributed by atoms with Crippen LogP contribution in [0.4, 0.5) is 26.3 Å². The van der Waals surface area contributed by atoms with E-state index in [2.05, 4.69) is 15.2 Å². The van der Waals surface area contributed by atoms with Crippen molar-refractivity contribution in [3.8, 4) is 11.6 Å². The molecule has 12 heteroatoms. The van der Waals surface area contributed by atoms with Gasteiger partial charge in [-0.25, -0.2) is 4.98 Å². The van der Waals surface area contributed by atoms with Crippen LogP contribution in [0.5, 0.6) is 0 Å². The van der Waals surface area contributed by atoms with Gasteiger partial charge in [0.05, 0.1) is 16.5 Å². The molecule has 0 N–H and O–H groups in total. The van der Waals surface area contributed by atoms with Gasteiger partial charge >= 0.3 is 12.4 Å². The number of nitrogens with zero attached hydrogens (tertiary/aromatic N) is 4. The van der Waals surface area contributed by atoms with Crippen molar-refractivity contribution in [3.05, 3.63) is 64.6 Å². The van der Waals surface area contributed by atoms with Crippen molar-refractivity contribution >= 4 is 11.6 Å². The zero-order valence-electron chi connectivity index (χ0n) is 18.3. The van der Waals surface area contributed by atoms with Crippen LogP contribution in [0.1, 0.15) is 35.8 Å². The van der Waals surface area contributed by atoms with Crippen LogP contribution in [0.15, 0.2) is 47.0 Å². The van der Waals surface area contributed by atoms with Gasteiger partial charge in [0.2, 0.25) is 5.89 Å².